The van der Waals surface area contributed by atoms with Crippen LogP contribution >= 0.6 is 11.3 Å². The third-order valence-electron chi connectivity index (χ3n) is 6.29. The van der Waals surface area contributed by atoms with Crippen molar-refractivity contribution in [3.05, 3.63) is 55.4 Å². The molecule has 0 spiro atoms. The first-order valence-electron chi connectivity index (χ1n) is 11.5. The number of methoxy groups -OCH3 is 1. The SMILES string of the molecule is COc1ccc([N+](=O)[O-])cc1NC(=O)c1sc2ncn(CC(=O)N3C[C@H](C)C[C@H](C)C3)c(=O)c2c1C. The highest BCUT2D eigenvalue weighted by Gasteiger charge is 2.27. The van der Waals surface area contributed by atoms with Gasteiger partial charge >= 0.3 is 0 Å². The first-order chi connectivity index (χ1) is 17.1. The van der Waals surface area contributed by atoms with Crippen LogP contribution in [0.5, 0.6) is 5.75 Å². The number of non-ortho nitro benzene ring substituents is 1. The number of aryl methyl sites for hydroxylation is 1. The Balaban J connectivity index is 1.61. The molecule has 1 aromatic carbocycles. The number of hydrogen-bond donors (Lipinski definition) is 1. The van der Waals surface area contributed by atoms with Gasteiger partial charge in [-0.3, -0.25) is 29.1 Å². The molecule has 190 valence electrons. The molecular formula is C24H27N5O6S. The maximum Gasteiger partial charge on any atom is 0.271 e. The lowest BCUT2D eigenvalue weighted by molar-refractivity contribution is -0.384. The number of anilines is 1. The fourth-order valence-electron chi connectivity index (χ4n) is 4.69. The Morgan fingerprint density at radius 1 is 1.28 bits per heavy atom. The Labute approximate surface area is 210 Å². The van der Waals surface area contributed by atoms with Crippen LogP contribution in [-0.2, 0) is 11.3 Å². The molecule has 36 heavy (non-hydrogen) atoms. The summed E-state index contributed by atoms with van der Waals surface area (Å²) in [6, 6.07) is 3.88. The fraction of sp³-hybridized carbons (Fsp3) is 0.417. The number of hydrogen-bond acceptors (Lipinski definition) is 8. The summed E-state index contributed by atoms with van der Waals surface area (Å²) in [5.74, 6) is 0.376. The minimum absolute atomic E-state index is 0.122. The first kappa shape index (κ1) is 25.3. The number of nitrogens with zero attached hydrogens (tertiary/aromatic N) is 4. The van der Waals surface area contributed by atoms with Crippen LogP contribution in [0.1, 0.15) is 35.5 Å². The monoisotopic (exact) mass is 513 g/mol. The number of carbonyl (C=O) groups excluding carboxylic acids is 2. The summed E-state index contributed by atoms with van der Waals surface area (Å²) in [7, 11) is 1.39. The molecular weight excluding hydrogens is 486 g/mol. The number of benzene rings is 1. The predicted molar refractivity (Wildman–Crippen MR) is 136 cm³/mol. The van der Waals surface area contributed by atoms with E-state index in [-0.39, 0.29) is 39.8 Å². The molecule has 0 unspecified atom stereocenters. The van der Waals surface area contributed by atoms with Crippen molar-refractivity contribution in [1.82, 2.24) is 14.5 Å². The molecule has 4 rings (SSSR count). The maximum absolute atomic E-state index is 13.2. The van der Waals surface area contributed by atoms with Crippen molar-refractivity contribution in [3.8, 4) is 5.75 Å². The Hall–Kier alpha value is -3.80. The van der Waals surface area contributed by atoms with Crippen molar-refractivity contribution in [2.75, 3.05) is 25.5 Å². The summed E-state index contributed by atoms with van der Waals surface area (Å²) in [5.41, 5.74) is -0.0380. The number of nitrogens with one attached hydrogen (secondary N) is 1. The highest BCUT2D eigenvalue weighted by atomic mass is 32.1. The average Bonchev–Trinajstić information content (AvgIpc) is 3.17. The van der Waals surface area contributed by atoms with E-state index in [1.807, 2.05) is 0 Å². The predicted octanol–water partition coefficient (Wildman–Crippen LogP) is 3.44. The van der Waals surface area contributed by atoms with E-state index < -0.39 is 16.4 Å². The lowest BCUT2D eigenvalue weighted by Crippen LogP contribution is -2.44. The molecule has 2 amide bonds. The Kier molecular flexibility index (Phi) is 7.07. The number of nitro benzene ring substituents is 1. The van der Waals surface area contributed by atoms with Crippen LogP contribution in [0.15, 0.2) is 29.3 Å². The first-order valence-corrected chi connectivity index (χ1v) is 12.3. The summed E-state index contributed by atoms with van der Waals surface area (Å²) >= 11 is 1.04. The van der Waals surface area contributed by atoms with Gasteiger partial charge in [0.05, 0.1) is 34.3 Å². The second kappa shape index (κ2) is 10.1. The molecule has 1 saturated heterocycles. The number of amides is 2. The van der Waals surface area contributed by atoms with E-state index >= 15 is 0 Å². The Morgan fingerprint density at radius 2 is 1.97 bits per heavy atom. The number of ether oxygens (including phenoxy) is 1. The number of carbonyl (C=O) groups is 2. The number of nitro groups is 1. The van der Waals surface area contributed by atoms with E-state index in [9.17, 15) is 24.5 Å². The molecule has 0 saturated carbocycles. The van der Waals surface area contributed by atoms with Crippen molar-refractivity contribution < 1.29 is 19.2 Å². The second-order valence-corrected chi connectivity index (χ2v) is 10.3. The quantitative estimate of drug-likeness (QED) is 0.394. The summed E-state index contributed by atoms with van der Waals surface area (Å²) in [6.07, 6.45) is 2.40. The smallest absolute Gasteiger partial charge is 0.271 e. The Bertz CT molecular complexity index is 1400. The molecule has 0 bridgehead atoms. The zero-order valence-corrected chi connectivity index (χ0v) is 21.3. The van der Waals surface area contributed by atoms with Gasteiger partial charge in [0.15, 0.2) is 0 Å². The van der Waals surface area contributed by atoms with Crippen molar-refractivity contribution in [3.63, 3.8) is 0 Å². The maximum atomic E-state index is 13.2. The van der Waals surface area contributed by atoms with Gasteiger partial charge in [-0.05, 0) is 36.8 Å². The third kappa shape index (κ3) is 4.94. The highest BCUT2D eigenvalue weighted by Crippen LogP contribution is 2.32. The molecule has 2 aromatic heterocycles. The number of rotatable bonds is 6. The lowest BCUT2D eigenvalue weighted by Gasteiger charge is -2.35. The van der Waals surface area contributed by atoms with E-state index in [4.69, 9.17) is 4.74 Å². The van der Waals surface area contributed by atoms with Gasteiger partial charge < -0.3 is 15.0 Å². The zero-order chi connectivity index (χ0) is 26.1. The van der Waals surface area contributed by atoms with E-state index in [1.165, 1.54) is 36.2 Å². The van der Waals surface area contributed by atoms with Gasteiger partial charge in [-0.25, -0.2) is 4.98 Å². The Morgan fingerprint density at radius 3 is 2.61 bits per heavy atom. The number of piperidine rings is 1. The number of thiophene rings is 1. The number of likely N-dealkylation sites (tertiary alicyclic amines) is 1. The van der Waals surface area contributed by atoms with E-state index in [2.05, 4.69) is 24.1 Å². The molecule has 3 heterocycles. The summed E-state index contributed by atoms with van der Waals surface area (Å²) in [4.78, 5) is 56.5. The molecule has 11 nitrogen and oxygen atoms in total. The molecule has 2 atom stereocenters. The van der Waals surface area contributed by atoms with E-state index in [0.29, 0.717) is 35.3 Å². The summed E-state index contributed by atoms with van der Waals surface area (Å²) in [6.45, 7) is 7.07. The standard InChI is InChI=1S/C24H27N5O6S/c1-13-7-14(2)10-27(9-13)19(30)11-28-12-25-23-20(24(28)32)15(3)21(36-23)22(31)26-17-8-16(29(33)34)5-6-18(17)35-4/h5-6,8,12-14H,7,9-11H2,1-4H3,(H,26,31)/t13-,14+. The van der Waals surface area contributed by atoms with Crippen LogP contribution in [0.25, 0.3) is 10.2 Å². The minimum Gasteiger partial charge on any atom is -0.495 e. The molecule has 12 heteroatoms. The second-order valence-electron chi connectivity index (χ2n) is 9.25. The van der Waals surface area contributed by atoms with E-state index in [0.717, 1.165) is 17.8 Å². The van der Waals surface area contributed by atoms with Gasteiger partial charge in [-0.2, -0.15) is 0 Å². The van der Waals surface area contributed by atoms with Crippen molar-refractivity contribution >= 4 is 44.7 Å². The normalized spacial score (nSPS) is 17.7. The topological polar surface area (TPSA) is 137 Å². The average molecular weight is 514 g/mol. The molecule has 0 radical (unpaired) electrons. The van der Waals surface area contributed by atoms with Gasteiger partial charge in [0, 0.05) is 25.2 Å². The van der Waals surface area contributed by atoms with Crippen LogP contribution in [0.4, 0.5) is 11.4 Å². The van der Waals surface area contributed by atoms with Gasteiger partial charge in [-0.1, -0.05) is 13.8 Å². The molecule has 1 aliphatic heterocycles. The van der Waals surface area contributed by atoms with Crippen LogP contribution in [0.3, 0.4) is 0 Å². The zero-order valence-electron chi connectivity index (χ0n) is 20.4. The molecule has 1 fully saturated rings. The van der Waals surface area contributed by atoms with Gasteiger partial charge in [0.2, 0.25) is 5.91 Å². The molecule has 3 aromatic rings. The third-order valence-corrected chi connectivity index (χ3v) is 7.49. The number of aromatic nitrogens is 2. The number of fused-ring (bicyclic) bond motifs is 1. The van der Waals surface area contributed by atoms with Gasteiger partial charge in [0.25, 0.3) is 17.2 Å². The van der Waals surface area contributed by atoms with E-state index in [1.54, 1.807) is 11.8 Å². The molecule has 1 aliphatic rings. The largest absolute Gasteiger partial charge is 0.495 e. The van der Waals surface area contributed by atoms with Crippen LogP contribution in [0, 0.1) is 28.9 Å². The fourth-order valence-corrected chi connectivity index (χ4v) is 5.72. The molecule has 1 N–H and O–H groups in total. The van der Waals surface area contributed by atoms with Crippen molar-refractivity contribution in [1.29, 1.82) is 0 Å². The van der Waals surface area contributed by atoms with Gasteiger partial charge in [0.1, 0.15) is 17.1 Å². The summed E-state index contributed by atoms with van der Waals surface area (Å²) in [5, 5.41) is 14.0. The van der Waals surface area contributed by atoms with Crippen LogP contribution in [-0.4, -0.2) is 51.4 Å². The molecule has 0 aliphatic carbocycles. The van der Waals surface area contributed by atoms with Crippen LogP contribution in [0.2, 0.25) is 0 Å². The van der Waals surface area contributed by atoms with Gasteiger partial charge in [-0.15, -0.1) is 11.3 Å². The summed E-state index contributed by atoms with van der Waals surface area (Å²) < 4.78 is 6.48. The highest BCUT2D eigenvalue weighted by molar-refractivity contribution is 7.20. The minimum atomic E-state index is -0.571. The van der Waals surface area contributed by atoms with Crippen molar-refractivity contribution in [2.24, 2.45) is 11.8 Å². The lowest BCUT2D eigenvalue weighted by atomic mass is 9.92. The van der Waals surface area contributed by atoms with Crippen LogP contribution < -0.4 is 15.6 Å². The van der Waals surface area contributed by atoms with Crippen molar-refractivity contribution in [2.45, 2.75) is 33.7 Å².